The van der Waals surface area contributed by atoms with Gasteiger partial charge in [-0.15, -0.1) is 10.2 Å². The van der Waals surface area contributed by atoms with Crippen LogP contribution < -0.4 is 0 Å². The van der Waals surface area contributed by atoms with Gasteiger partial charge >= 0.3 is 0 Å². The van der Waals surface area contributed by atoms with Crippen LogP contribution in [0.25, 0.3) is 11.4 Å². The van der Waals surface area contributed by atoms with Gasteiger partial charge in [-0.3, -0.25) is 4.98 Å². The molecule has 2 aromatic heterocycles. The van der Waals surface area contributed by atoms with Gasteiger partial charge in [-0.05, 0) is 36.8 Å². The van der Waals surface area contributed by atoms with E-state index in [1.165, 1.54) is 0 Å². The van der Waals surface area contributed by atoms with Crippen molar-refractivity contribution in [3.05, 3.63) is 58.3 Å². The van der Waals surface area contributed by atoms with Crippen molar-refractivity contribution in [2.24, 2.45) is 7.05 Å². The summed E-state index contributed by atoms with van der Waals surface area (Å²) in [4.78, 5) is 4.12. The Labute approximate surface area is 148 Å². The van der Waals surface area contributed by atoms with Crippen molar-refractivity contribution in [1.29, 1.82) is 0 Å². The van der Waals surface area contributed by atoms with Crippen molar-refractivity contribution < 1.29 is 0 Å². The molecule has 1 atom stereocenters. The SMILES string of the molecule is CC(Sc1nnc(-c2cccnc2)n1C)c1ccc(Cl)cc1Cl. The number of hydrogen-bond acceptors (Lipinski definition) is 4. The molecule has 0 N–H and O–H groups in total. The van der Waals surface area contributed by atoms with E-state index in [9.17, 15) is 0 Å². The molecule has 3 rings (SSSR count). The van der Waals surface area contributed by atoms with Crippen molar-refractivity contribution in [3.8, 4) is 11.4 Å². The number of benzene rings is 1. The van der Waals surface area contributed by atoms with Crippen molar-refractivity contribution in [1.82, 2.24) is 19.7 Å². The molecule has 0 aliphatic heterocycles. The number of halogens is 2. The summed E-state index contributed by atoms with van der Waals surface area (Å²) in [7, 11) is 1.95. The highest BCUT2D eigenvalue weighted by Gasteiger charge is 2.17. The van der Waals surface area contributed by atoms with Crippen molar-refractivity contribution >= 4 is 35.0 Å². The van der Waals surface area contributed by atoms with Crippen molar-refractivity contribution in [2.75, 3.05) is 0 Å². The summed E-state index contributed by atoms with van der Waals surface area (Å²) < 4.78 is 1.96. The molecule has 23 heavy (non-hydrogen) atoms. The molecule has 2 heterocycles. The van der Waals surface area contributed by atoms with Crippen LogP contribution in [-0.2, 0) is 7.05 Å². The van der Waals surface area contributed by atoms with Gasteiger partial charge in [-0.25, -0.2) is 0 Å². The third kappa shape index (κ3) is 3.52. The third-order valence-electron chi connectivity index (χ3n) is 3.44. The van der Waals surface area contributed by atoms with Crippen LogP contribution in [0.2, 0.25) is 10.0 Å². The average Bonchev–Trinajstić information content (AvgIpc) is 2.89. The van der Waals surface area contributed by atoms with Crippen LogP contribution >= 0.6 is 35.0 Å². The van der Waals surface area contributed by atoms with E-state index in [-0.39, 0.29) is 5.25 Å². The summed E-state index contributed by atoms with van der Waals surface area (Å²) in [6.07, 6.45) is 3.51. The molecule has 0 aliphatic rings. The zero-order valence-corrected chi connectivity index (χ0v) is 14.9. The summed E-state index contributed by atoms with van der Waals surface area (Å²) in [6, 6.07) is 9.39. The zero-order chi connectivity index (χ0) is 16.4. The highest BCUT2D eigenvalue weighted by atomic mass is 35.5. The van der Waals surface area contributed by atoms with Crippen LogP contribution in [0.4, 0.5) is 0 Å². The first-order chi connectivity index (χ1) is 11.1. The minimum Gasteiger partial charge on any atom is -0.305 e. The molecule has 0 saturated carbocycles. The summed E-state index contributed by atoms with van der Waals surface area (Å²) >= 11 is 13.8. The fraction of sp³-hybridized carbons (Fsp3) is 0.188. The highest BCUT2D eigenvalue weighted by Crippen LogP contribution is 2.38. The predicted molar refractivity (Wildman–Crippen MR) is 95.0 cm³/mol. The van der Waals surface area contributed by atoms with Gasteiger partial charge in [0.05, 0.1) is 0 Å². The molecule has 1 aromatic carbocycles. The second kappa shape index (κ2) is 6.91. The third-order valence-corrected chi connectivity index (χ3v) is 5.17. The Morgan fingerprint density at radius 1 is 1.17 bits per heavy atom. The summed E-state index contributed by atoms with van der Waals surface area (Å²) in [5.41, 5.74) is 1.96. The maximum absolute atomic E-state index is 6.28. The maximum atomic E-state index is 6.28. The average molecular weight is 365 g/mol. The van der Waals surface area contributed by atoms with Gasteiger partial charge in [0.15, 0.2) is 11.0 Å². The zero-order valence-electron chi connectivity index (χ0n) is 12.6. The van der Waals surface area contributed by atoms with Gasteiger partial charge < -0.3 is 4.57 Å². The number of pyridine rings is 1. The van der Waals surface area contributed by atoms with Crippen LogP contribution in [0.15, 0.2) is 47.9 Å². The quantitative estimate of drug-likeness (QED) is 0.608. The molecule has 7 heteroatoms. The Bertz CT molecular complexity index is 820. The van der Waals surface area contributed by atoms with E-state index in [0.29, 0.717) is 10.0 Å². The molecule has 118 valence electrons. The summed E-state index contributed by atoms with van der Waals surface area (Å²) in [5.74, 6) is 0.787. The van der Waals surface area contributed by atoms with Gasteiger partial charge in [0.2, 0.25) is 0 Å². The molecule has 1 unspecified atom stereocenters. The highest BCUT2D eigenvalue weighted by molar-refractivity contribution is 7.99. The molecule has 0 fully saturated rings. The molecular formula is C16H14Cl2N4S. The fourth-order valence-corrected chi connectivity index (χ4v) is 3.83. The van der Waals surface area contributed by atoms with Crippen molar-refractivity contribution in [2.45, 2.75) is 17.3 Å². The molecule has 3 aromatic rings. The van der Waals surface area contributed by atoms with Crippen molar-refractivity contribution in [3.63, 3.8) is 0 Å². The van der Waals surface area contributed by atoms with E-state index in [1.807, 2.05) is 35.9 Å². The molecule has 0 saturated heterocycles. The minimum absolute atomic E-state index is 0.129. The summed E-state index contributed by atoms with van der Waals surface area (Å²) in [5, 5.41) is 10.8. The molecular weight excluding hydrogens is 351 g/mol. The molecule has 0 spiro atoms. The second-order valence-corrected chi connectivity index (χ2v) is 7.18. The Morgan fingerprint density at radius 2 is 2.00 bits per heavy atom. The Kier molecular flexibility index (Phi) is 4.90. The molecule has 0 radical (unpaired) electrons. The van der Waals surface area contributed by atoms with E-state index in [0.717, 1.165) is 22.1 Å². The van der Waals surface area contributed by atoms with E-state index in [1.54, 1.807) is 30.2 Å². The lowest BCUT2D eigenvalue weighted by atomic mass is 10.2. The number of nitrogens with zero attached hydrogens (tertiary/aromatic N) is 4. The van der Waals surface area contributed by atoms with E-state index in [2.05, 4.69) is 22.1 Å². The van der Waals surface area contributed by atoms with Gasteiger partial charge in [0, 0.05) is 40.3 Å². The number of thioether (sulfide) groups is 1. The van der Waals surface area contributed by atoms with Gasteiger partial charge in [0.1, 0.15) is 0 Å². The number of aromatic nitrogens is 4. The topological polar surface area (TPSA) is 43.6 Å². The lowest BCUT2D eigenvalue weighted by molar-refractivity contribution is 0.790. The number of rotatable bonds is 4. The fourth-order valence-electron chi connectivity index (χ4n) is 2.22. The van der Waals surface area contributed by atoms with Crippen LogP contribution in [0.5, 0.6) is 0 Å². The minimum atomic E-state index is 0.129. The number of hydrogen-bond donors (Lipinski definition) is 0. The predicted octanol–water partition coefficient (Wildman–Crippen LogP) is 5.04. The molecule has 4 nitrogen and oxygen atoms in total. The Hall–Kier alpha value is -1.56. The second-order valence-electron chi connectivity index (χ2n) is 5.03. The summed E-state index contributed by atoms with van der Waals surface area (Å²) in [6.45, 7) is 2.08. The van der Waals surface area contributed by atoms with Crippen LogP contribution in [0.3, 0.4) is 0 Å². The lowest BCUT2D eigenvalue weighted by Gasteiger charge is -2.13. The van der Waals surface area contributed by atoms with E-state index in [4.69, 9.17) is 23.2 Å². The monoisotopic (exact) mass is 364 g/mol. The van der Waals surface area contributed by atoms with Gasteiger partial charge in [0.25, 0.3) is 0 Å². The first-order valence-corrected chi connectivity index (χ1v) is 8.61. The molecule has 0 amide bonds. The van der Waals surface area contributed by atoms with Crippen LogP contribution in [0, 0.1) is 0 Å². The smallest absolute Gasteiger partial charge is 0.191 e. The van der Waals surface area contributed by atoms with Gasteiger partial charge in [-0.2, -0.15) is 0 Å². The van der Waals surface area contributed by atoms with Crippen LogP contribution in [-0.4, -0.2) is 19.7 Å². The van der Waals surface area contributed by atoms with E-state index >= 15 is 0 Å². The van der Waals surface area contributed by atoms with Crippen LogP contribution in [0.1, 0.15) is 17.7 Å². The molecule has 0 bridgehead atoms. The Balaban J connectivity index is 1.85. The normalized spacial score (nSPS) is 12.3. The first kappa shape index (κ1) is 16.3. The van der Waals surface area contributed by atoms with Gasteiger partial charge in [-0.1, -0.05) is 41.0 Å². The lowest BCUT2D eigenvalue weighted by Crippen LogP contribution is -1.97. The Morgan fingerprint density at radius 3 is 2.70 bits per heavy atom. The maximum Gasteiger partial charge on any atom is 0.191 e. The van der Waals surface area contributed by atoms with E-state index < -0.39 is 0 Å². The largest absolute Gasteiger partial charge is 0.305 e. The molecule has 0 aliphatic carbocycles. The standard InChI is InChI=1S/C16H14Cl2N4S/c1-10(13-6-5-12(17)8-14(13)18)23-16-21-20-15(22(16)2)11-4-3-7-19-9-11/h3-10H,1-2H3. The first-order valence-electron chi connectivity index (χ1n) is 6.97.